The van der Waals surface area contributed by atoms with E-state index in [2.05, 4.69) is 10.3 Å². The van der Waals surface area contributed by atoms with Gasteiger partial charge in [-0.3, -0.25) is 9.59 Å². The highest BCUT2D eigenvalue weighted by molar-refractivity contribution is 7.89. The van der Waals surface area contributed by atoms with E-state index in [1.54, 1.807) is 12.1 Å². The van der Waals surface area contributed by atoms with E-state index in [1.165, 1.54) is 16.4 Å². The number of benzene rings is 2. The van der Waals surface area contributed by atoms with Crippen LogP contribution in [0.5, 0.6) is 0 Å². The van der Waals surface area contributed by atoms with Gasteiger partial charge in [-0.1, -0.05) is 37.1 Å². The van der Waals surface area contributed by atoms with Gasteiger partial charge in [0.25, 0.3) is 5.91 Å². The molecular formula is C26H31N3O5S. The summed E-state index contributed by atoms with van der Waals surface area (Å²) >= 11 is 0. The topological polar surface area (TPSA) is 109 Å². The Kier molecular flexibility index (Phi) is 8.20. The number of amides is 1. The van der Waals surface area contributed by atoms with Crippen molar-refractivity contribution in [2.75, 3.05) is 25.0 Å². The lowest BCUT2D eigenvalue weighted by atomic mass is 10.1. The van der Waals surface area contributed by atoms with E-state index >= 15 is 0 Å². The van der Waals surface area contributed by atoms with Crippen molar-refractivity contribution < 1.29 is 22.7 Å². The molecule has 2 aromatic carbocycles. The van der Waals surface area contributed by atoms with Gasteiger partial charge < -0.3 is 15.0 Å². The second-order valence-electron chi connectivity index (χ2n) is 8.77. The van der Waals surface area contributed by atoms with E-state index in [1.807, 2.05) is 30.5 Å². The first-order valence-electron chi connectivity index (χ1n) is 12.0. The van der Waals surface area contributed by atoms with Crippen molar-refractivity contribution in [3.63, 3.8) is 0 Å². The maximum Gasteiger partial charge on any atom is 0.306 e. The Morgan fingerprint density at radius 3 is 2.57 bits per heavy atom. The predicted octanol–water partition coefficient (Wildman–Crippen LogP) is 4.24. The maximum atomic E-state index is 13.0. The summed E-state index contributed by atoms with van der Waals surface area (Å²) in [5.41, 5.74) is 2.55. The molecule has 35 heavy (non-hydrogen) atoms. The molecule has 186 valence electrons. The van der Waals surface area contributed by atoms with E-state index < -0.39 is 28.5 Å². The summed E-state index contributed by atoms with van der Waals surface area (Å²) in [6.45, 7) is 0.597. The highest BCUT2D eigenvalue weighted by Crippen LogP contribution is 2.23. The van der Waals surface area contributed by atoms with Crippen molar-refractivity contribution in [2.24, 2.45) is 0 Å². The molecule has 2 N–H and O–H groups in total. The zero-order chi connectivity index (χ0) is 24.7. The largest absolute Gasteiger partial charge is 0.456 e. The highest BCUT2D eigenvalue weighted by Gasteiger charge is 2.25. The number of esters is 1. The number of fused-ring (bicyclic) bond motifs is 1. The summed E-state index contributed by atoms with van der Waals surface area (Å²) in [5, 5.41) is 3.76. The number of anilines is 1. The summed E-state index contributed by atoms with van der Waals surface area (Å²) in [6, 6.07) is 14.2. The normalized spacial score (nSPS) is 15.0. The quantitative estimate of drug-likeness (QED) is 0.430. The molecule has 0 spiro atoms. The van der Waals surface area contributed by atoms with E-state index in [-0.39, 0.29) is 11.3 Å². The van der Waals surface area contributed by atoms with Gasteiger partial charge in [0.2, 0.25) is 10.0 Å². The molecule has 4 rings (SSSR count). The number of nitrogens with one attached hydrogen (secondary N) is 2. The number of rotatable bonds is 9. The fourth-order valence-corrected chi connectivity index (χ4v) is 5.91. The van der Waals surface area contributed by atoms with E-state index in [0.717, 1.165) is 48.6 Å². The number of aromatic amines is 1. The minimum absolute atomic E-state index is 0.145. The molecule has 1 saturated heterocycles. The van der Waals surface area contributed by atoms with Gasteiger partial charge in [-0.25, -0.2) is 8.42 Å². The second kappa shape index (κ2) is 11.5. The van der Waals surface area contributed by atoms with Gasteiger partial charge in [0.15, 0.2) is 6.61 Å². The molecule has 1 aromatic heterocycles. The van der Waals surface area contributed by atoms with Crippen molar-refractivity contribution in [1.82, 2.24) is 9.29 Å². The van der Waals surface area contributed by atoms with Gasteiger partial charge in [-0.05, 0) is 55.5 Å². The molecule has 1 fully saturated rings. The van der Waals surface area contributed by atoms with Crippen LogP contribution >= 0.6 is 0 Å². The fraction of sp³-hybridized carbons (Fsp3) is 0.385. The van der Waals surface area contributed by atoms with E-state index in [9.17, 15) is 18.0 Å². The number of hydrogen-bond donors (Lipinski definition) is 2. The third-order valence-electron chi connectivity index (χ3n) is 6.19. The standard InChI is InChI=1S/C26H31N3O5S/c30-25(19-34-26(31)14-7-9-20-18-27-24-13-4-3-12-23(20)24)28-21-10-8-11-22(17-21)35(32,33)29-15-5-1-2-6-16-29/h3-4,8,10-13,17-18,27H,1-2,5-7,9,14-16,19H2,(H,28,30). The van der Waals surface area contributed by atoms with Crippen LogP contribution in [0, 0.1) is 0 Å². The lowest BCUT2D eigenvalue weighted by Crippen LogP contribution is -2.32. The van der Waals surface area contributed by atoms with Gasteiger partial charge in [0.05, 0.1) is 4.90 Å². The number of aryl methyl sites for hydroxylation is 1. The molecule has 2 heterocycles. The molecule has 0 radical (unpaired) electrons. The van der Waals surface area contributed by atoms with Gasteiger partial charge in [-0.2, -0.15) is 4.31 Å². The van der Waals surface area contributed by atoms with Crippen molar-refractivity contribution in [2.45, 2.75) is 49.8 Å². The third kappa shape index (κ3) is 6.49. The molecule has 1 amide bonds. The van der Waals surface area contributed by atoms with Crippen molar-refractivity contribution in [1.29, 1.82) is 0 Å². The molecule has 0 atom stereocenters. The van der Waals surface area contributed by atoms with Crippen LogP contribution in [0.1, 0.15) is 44.1 Å². The SMILES string of the molecule is O=C(COC(=O)CCCc1c[nH]c2ccccc12)Nc1cccc(S(=O)(=O)N2CCCCCC2)c1. The number of sulfonamides is 1. The second-order valence-corrected chi connectivity index (χ2v) is 10.7. The average molecular weight is 498 g/mol. The summed E-state index contributed by atoms with van der Waals surface area (Å²) in [7, 11) is -3.62. The van der Waals surface area contributed by atoms with Crippen molar-refractivity contribution >= 4 is 38.5 Å². The van der Waals surface area contributed by atoms with Gasteiger partial charge in [0, 0.05) is 42.3 Å². The Bertz CT molecular complexity index is 1280. The van der Waals surface area contributed by atoms with Crippen molar-refractivity contribution in [3.05, 3.63) is 60.3 Å². The first-order valence-corrected chi connectivity index (χ1v) is 13.5. The zero-order valence-corrected chi connectivity index (χ0v) is 20.5. The Hall–Kier alpha value is -3.17. The van der Waals surface area contributed by atoms with Crippen LogP contribution in [0.15, 0.2) is 59.6 Å². The number of nitrogens with zero attached hydrogens (tertiary/aromatic N) is 1. The highest BCUT2D eigenvalue weighted by atomic mass is 32.2. The van der Waals surface area contributed by atoms with Crippen LogP contribution in [-0.4, -0.2) is 49.3 Å². The van der Waals surface area contributed by atoms with Crippen LogP contribution in [0.25, 0.3) is 10.9 Å². The van der Waals surface area contributed by atoms with Crippen LogP contribution in [0.3, 0.4) is 0 Å². The number of hydrogen-bond acceptors (Lipinski definition) is 5. The Balaban J connectivity index is 1.24. The van der Waals surface area contributed by atoms with Crippen molar-refractivity contribution in [3.8, 4) is 0 Å². The fourth-order valence-electron chi connectivity index (χ4n) is 4.34. The number of aromatic nitrogens is 1. The summed E-state index contributed by atoms with van der Waals surface area (Å²) < 4.78 is 32.6. The minimum atomic E-state index is -3.62. The Morgan fingerprint density at radius 1 is 1.00 bits per heavy atom. The molecule has 1 aliphatic heterocycles. The number of carbonyl (C=O) groups excluding carboxylic acids is 2. The van der Waals surface area contributed by atoms with Gasteiger partial charge in [0.1, 0.15) is 0 Å². The number of H-pyrrole nitrogens is 1. The minimum Gasteiger partial charge on any atom is -0.456 e. The van der Waals surface area contributed by atoms with Crippen LogP contribution < -0.4 is 5.32 Å². The van der Waals surface area contributed by atoms with Crippen LogP contribution in [0.4, 0.5) is 5.69 Å². The molecule has 8 nitrogen and oxygen atoms in total. The lowest BCUT2D eigenvalue weighted by Gasteiger charge is -2.20. The maximum absolute atomic E-state index is 13.0. The Labute approximate surface area is 205 Å². The molecule has 9 heteroatoms. The molecule has 1 aliphatic rings. The smallest absolute Gasteiger partial charge is 0.306 e. The van der Waals surface area contributed by atoms with E-state index in [4.69, 9.17) is 4.74 Å². The van der Waals surface area contributed by atoms with Gasteiger partial charge >= 0.3 is 5.97 Å². The zero-order valence-electron chi connectivity index (χ0n) is 19.7. The summed E-state index contributed by atoms with van der Waals surface area (Å²) in [4.78, 5) is 27.7. The number of ether oxygens (including phenoxy) is 1. The molecule has 3 aromatic rings. The molecule has 0 bridgehead atoms. The Morgan fingerprint density at radius 2 is 1.77 bits per heavy atom. The first kappa shape index (κ1) is 24.9. The van der Waals surface area contributed by atoms with Crippen LogP contribution in [0.2, 0.25) is 0 Å². The van der Waals surface area contributed by atoms with Crippen LogP contribution in [-0.2, 0) is 30.8 Å². The molecule has 0 saturated carbocycles. The van der Waals surface area contributed by atoms with E-state index in [0.29, 0.717) is 25.2 Å². The molecule has 0 unspecified atom stereocenters. The number of para-hydroxylation sites is 1. The van der Waals surface area contributed by atoms with Gasteiger partial charge in [-0.15, -0.1) is 0 Å². The number of carbonyl (C=O) groups is 2. The monoisotopic (exact) mass is 497 g/mol. The molecule has 0 aliphatic carbocycles. The summed E-state index contributed by atoms with van der Waals surface area (Å²) in [5.74, 6) is -0.961. The summed E-state index contributed by atoms with van der Waals surface area (Å²) in [6.07, 6.45) is 7.25. The lowest BCUT2D eigenvalue weighted by molar-refractivity contribution is -0.147. The first-order chi connectivity index (χ1) is 16.9. The average Bonchev–Trinajstić information content (AvgIpc) is 3.06. The third-order valence-corrected chi connectivity index (χ3v) is 8.08. The molecular weight excluding hydrogens is 466 g/mol. The predicted molar refractivity (Wildman–Crippen MR) is 134 cm³/mol.